The molecule has 1 aromatic heterocycles. The van der Waals surface area contributed by atoms with E-state index in [1.807, 2.05) is 44.2 Å². The lowest BCUT2D eigenvalue weighted by Crippen LogP contribution is -2.23. The Hall–Kier alpha value is -3.61. The minimum Gasteiger partial charge on any atom is -0.494 e. The number of fused-ring (bicyclic) bond motifs is 1. The van der Waals surface area contributed by atoms with Gasteiger partial charge in [0.15, 0.2) is 0 Å². The number of hydrogen-bond donors (Lipinski definition) is 2. The molecule has 2 N–H and O–H groups in total. The third-order valence-electron chi connectivity index (χ3n) is 5.05. The van der Waals surface area contributed by atoms with Crippen LogP contribution >= 0.6 is 0 Å². The summed E-state index contributed by atoms with van der Waals surface area (Å²) in [5.74, 6) is 0.926. The average Bonchev–Trinajstić information content (AvgIpc) is 3.25. The minimum atomic E-state index is -0.675. The highest BCUT2D eigenvalue weighted by molar-refractivity contribution is 6.04. The zero-order valence-corrected chi connectivity index (χ0v) is 17.0. The smallest absolute Gasteiger partial charge is 0.251 e. The molecule has 0 aliphatic carbocycles. The number of nitrogens with zero attached hydrogens (tertiary/aromatic N) is 2. The number of carbonyl (C=O) groups is 2. The summed E-state index contributed by atoms with van der Waals surface area (Å²) >= 11 is 0. The maximum Gasteiger partial charge on any atom is 0.251 e. The van der Waals surface area contributed by atoms with Crippen molar-refractivity contribution in [3.63, 3.8) is 0 Å². The van der Waals surface area contributed by atoms with Crippen molar-refractivity contribution in [3.05, 3.63) is 60.3 Å². The second kappa shape index (κ2) is 8.41. The van der Waals surface area contributed by atoms with E-state index in [4.69, 9.17) is 4.74 Å². The molecule has 1 aliphatic heterocycles. The Labute approximate surface area is 175 Å². The fourth-order valence-electron chi connectivity index (χ4n) is 3.66. The average molecular weight is 404 g/mol. The first-order valence-corrected chi connectivity index (χ1v) is 10.1. The van der Waals surface area contributed by atoms with E-state index in [0.717, 1.165) is 29.0 Å². The highest BCUT2D eigenvalue weighted by Gasteiger charge is 2.36. The summed E-state index contributed by atoms with van der Waals surface area (Å²) in [6, 6.07) is 16.3. The molecule has 4 rings (SSSR count). The molecule has 1 aliphatic rings. The summed E-state index contributed by atoms with van der Waals surface area (Å²) in [7, 11) is 0. The Morgan fingerprint density at radius 3 is 2.53 bits per heavy atom. The normalized spacial score (nSPS) is 14.9. The highest BCUT2D eigenvalue weighted by atomic mass is 16.5. The Balaban J connectivity index is 1.53. The van der Waals surface area contributed by atoms with Gasteiger partial charge in [-0.25, -0.2) is 4.68 Å². The number of aromatic nitrogens is 2. The molecule has 3 aromatic rings. The number of nitrogens with one attached hydrogen (secondary N) is 2. The van der Waals surface area contributed by atoms with E-state index in [2.05, 4.69) is 15.7 Å². The van der Waals surface area contributed by atoms with Crippen molar-refractivity contribution < 1.29 is 14.3 Å². The number of amides is 2. The Morgan fingerprint density at radius 1 is 1.13 bits per heavy atom. The first-order chi connectivity index (χ1) is 14.6. The molecule has 0 fully saturated rings. The molecule has 1 atom stereocenters. The van der Waals surface area contributed by atoms with Crippen molar-refractivity contribution in [2.24, 2.45) is 0 Å². The second-order valence-corrected chi connectivity index (χ2v) is 7.05. The van der Waals surface area contributed by atoms with Crippen LogP contribution in [-0.2, 0) is 16.0 Å². The molecule has 2 aromatic carbocycles. The quantitative estimate of drug-likeness (QED) is 0.623. The molecule has 7 heteroatoms. The van der Waals surface area contributed by atoms with Gasteiger partial charge in [-0.05, 0) is 43.2 Å². The maximum atomic E-state index is 12.6. The van der Waals surface area contributed by atoms with Crippen molar-refractivity contribution in [2.45, 2.75) is 32.7 Å². The van der Waals surface area contributed by atoms with Crippen LogP contribution in [0.15, 0.2) is 54.6 Å². The molecule has 0 bridgehead atoms. The molecule has 2 amide bonds. The number of ether oxygens (including phenoxy) is 1. The van der Waals surface area contributed by atoms with Gasteiger partial charge in [0.1, 0.15) is 17.6 Å². The Bertz CT molecular complexity index is 1060. The van der Waals surface area contributed by atoms with Crippen LogP contribution in [0.25, 0.3) is 11.1 Å². The summed E-state index contributed by atoms with van der Waals surface area (Å²) in [6.45, 7) is 4.53. The van der Waals surface area contributed by atoms with Crippen LogP contribution in [0.2, 0.25) is 0 Å². The van der Waals surface area contributed by atoms with Gasteiger partial charge in [-0.15, -0.1) is 0 Å². The zero-order valence-electron chi connectivity index (χ0n) is 17.0. The van der Waals surface area contributed by atoms with Crippen LogP contribution in [0.4, 0.5) is 11.5 Å². The number of hydrogen-bond acceptors (Lipinski definition) is 4. The molecule has 0 radical (unpaired) electrons. The van der Waals surface area contributed by atoms with E-state index < -0.39 is 6.04 Å². The third-order valence-corrected chi connectivity index (χ3v) is 5.05. The summed E-state index contributed by atoms with van der Waals surface area (Å²) in [5, 5.41) is 10.4. The Kier molecular flexibility index (Phi) is 5.52. The van der Waals surface area contributed by atoms with Gasteiger partial charge in [-0.3, -0.25) is 9.59 Å². The monoisotopic (exact) mass is 404 g/mol. The van der Waals surface area contributed by atoms with E-state index in [0.29, 0.717) is 18.1 Å². The molecule has 1 unspecified atom stereocenters. The molecule has 7 nitrogen and oxygen atoms in total. The molecule has 0 saturated heterocycles. The summed E-state index contributed by atoms with van der Waals surface area (Å²) in [4.78, 5) is 25.2. The van der Waals surface area contributed by atoms with Crippen molar-refractivity contribution in [3.8, 4) is 16.9 Å². The lowest BCUT2D eigenvalue weighted by atomic mass is 10.0. The van der Waals surface area contributed by atoms with E-state index in [1.54, 1.807) is 28.9 Å². The standard InChI is InChI=1S/C23H24N4O3/c1-3-18-21(15-8-6-5-7-9-15)22-25-23(29)19(27(22)26-18)14-20(28)24-16-10-12-17(13-11-16)30-4-2/h5-13,19H,3-4,14H2,1-2H3,(H,24,28)(H,25,29). The molecule has 2 heterocycles. The summed E-state index contributed by atoms with van der Waals surface area (Å²) in [6.07, 6.45) is 0.732. The van der Waals surface area contributed by atoms with Gasteiger partial charge >= 0.3 is 0 Å². The van der Waals surface area contributed by atoms with Gasteiger partial charge < -0.3 is 15.4 Å². The van der Waals surface area contributed by atoms with Gasteiger partial charge in [-0.1, -0.05) is 37.3 Å². The topological polar surface area (TPSA) is 85.2 Å². The largest absolute Gasteiger partial charge is 0.494 e. The van der Waals surface area contributed by atoms with Crippen LogP contribution in [0.1, 0.15) is 32.0 Å². The number of rotatable bonds is 7. The van der Waals surface area contributed by atoms with Gasteiger partial charge in [0.05, 0.1) is 18.7 Å². The minimum absolute atomic E-state index is 0.00507. The molecular weight excluding hydrogens is 380 g/mol. The SMILES string of the molecule is CCOc1ccc(NC(=O)CC2C(=O)Nc3c(-c4ccccc4)c(CC)nn32)cc1. The van der Waals surface area contributed by atoms with E-state index in [9.17, 15) is 9.59 Å². The predicted octanol–water partition coefficient (Wildman–Crippen LogP) is 4.03. The molecule has 0 saturated carbocycles. The van der Waals surface area contributed by atoms with Crippen molar-refractivity contribution in [1.29, 1.82) is 0 Å². The molecular formula is C23H24N4O3. The fourth-order valence-corrected chi connectivity index (χ4v) is 3.66. The predicted molar refractivity (Wildman–Crippen MR) is 116 cm³/mol. The molecule has 0 spiro atoms. The first-order valence-electron chi connectivity index (χ1n) is 10.1. The van der Waals surface area contributed by atoms with Crippen LogP contribution in [0.5, 0.6) is 5.75 Å². The van der Waals surface area contributed by atoms with Gasteiger partial charge in [0.25, 0.3) is 5.91 Å². The van der Waals surface area contributed by atoms with E-state index in [1.165, 1.54) is 0 Å². The lowest BCUT2D eigenvalue weighted by Gasteiger charge is -2.11. The fraction of sp³-hybridized carbons (Fsp3) is 0.261. The van der Waals surface area contributed by atoms with E-state index >= 15 is 0 Å². The van der Waals surface area contributed by atoms with Crippen LogP contribution in [-0.4, -0.2) is 28.2 Å². The molecule has 154 valence electrons. The third kappa shape index (κ3) is 3.78. The number of carbonyl (C=O) groups excluding carboxylic acids is 2. The van der Waals surface area contributed by atoms with Crippen LogP contribution < -0.4 is 15.4 Å². The van der Waals surface area contributed by atoms with Crippen molar-refractivity contribution >= 4 is 23.3 Å². The van der Waals surface area contributed by atoms with E-state index in [-0.39, 0.29) is 18.2 Å². The lowest BCUT2D eigenvalue weighted by molar-refractivity contribution is -0.123. The Morgan fingerprint density at radius 2 is 1.87 bits per heavy atom. The number of aryl methyl sites for hydroxylation is 1. The second-order valence-electron chi connectivity index (χ2n) is 7.05. The maximum absolute atomic E-state index is 12.6. The van der Waals surface area contributed by atoms with Gasteiger partial charge in [-0.2, -0.15) is 5.10 Å². The number of benzene rings is 2. The number of anilines is 2. The van der Waals surface area contributed by atoms with Crippen molar-refractivity contribution in [1.82, 2.24) is 9.78 Å². The highest BCUT2D eigenvalue weighted by Crippen LogP contribution is 2.38. The van der Waals surface area contributed by atoms with Crippen LogP contribution in [0.3, 0.4) is 0 Å². The van der Waals surface area contributed by atoms with Gasteiger partial charge in [0.2, 0.25) is 5.91 Å². The zero-order chi connectivity index (χ0) is 21.1. The molecule has 30 heavy (non-hydrogen) atoms. The van der Waals surface area contributed by atoms with Crippen LogP contribution in [0, 0.1) is 0 Å². The summed E-state index contributed by atoms with van der Waals surface area (Å²) in [5.41, 5.74) is 3.46. The van der Waals surface area contributed by atoms with Gasteiger partial charge in [0, 0.05) is 11.3 Å². The summed E-state index contributed by atoms with van der Waals surface area (Å²) < 4.78 is 7.06. The first kappa shape index (κ1) is 19.7. The van der Waals surface area contributed by atoms with Crippen molar-refractivity contribution in [2.75, 3.05) is 17.2 Å².